The van der Waals surface area contributed by atoms with Gasteiger partial charge in [0.25, 0.3) is 0 Å². The summed E-state index contributed by atoms with van der Waals surface area (Å²) >= 11 is 0. The lowest BCUT2D eigenvalue weighted by Gasteiger charge is -2.21. The molecule has 0 amide bonds. The lowest BCUT2D eigenvalue weighted by molar-refractivity contribution is -0.705. The number of hydrogen-bond acceptors (Lipinski definition) is 3. The van der Waals surface area contributed by atoms with Gasteiger partial charge in [-0.25, -0.2) is 13.0 Å². The van der Waals surface area contributed by atoms with Crippen molar-refractivity contribution < 1.29 is 17.5 Å². The molecule has 0 bridgehead atoms. The Balaban J connectivity index is 2.12. The van der Waals surface area contributed by atoms with Crippen LogP contribution in [0.3, 0.4) is 0 Å². The molecule has 0 aliphatic rings. The Morgan fingerprint density at radius 3 is 1.83 bits per heavy atom. The summed E-state index contributed by atoms with van der Waals surface area (Å²) in [6.45, 7) is 5.40. The maximum Gasteiger partial charge on any atom is 0.188 e. The third-order valence-electron chi connectivity index (χ3n) is 7.25. The standard InChI is InChI=1S/C31H49NO3S/c1-3-5-7-9-11-12-13-14-16-22-28(29-23-17-18-25-31(29)36(33,34)35)30-24-19-21-27-32(30)26-20-15-10-8-6-4-2/h17-19,21,23-25,27-28H,3-16,20,22,26H2,1-2H3. The third-order valence-corrected chi connectivity index (χ3v) is 8.16. The summed E-state index contributed by atoms with van der Waals surface area (Å²) in [5, 5.41) is 0. The second-order valence-electron chi connectivity index (χ2n) is 10.2. The molecule has 0 radical (unpaired) electrons. The van der Waals surface area contributed by atoms with Crippen molar-refractivity contribution in [1.29, 1.82) is 0 Å². The monoisotopic (exact) mass is 515 g/mol. The summed E-state index contributed by atoms with van der Waals surface area (Å²) in [5.74, 6) is -0.101. The molecule has 2 rings (SSSR count). The molecule has 1 heterocycles. The lowest BCUT2D eigenvalue weighted by atomic mass is 9.89. The molecule has 2 aromatic rings. The topological polar surface area (TPSA) is 61.1 Å². The Morgan fingerprint density at radius 1 is 0.694 bits per heavy atom. The number of benzene rings is 1. The van der Waals surface area contributed by atoms with Crippen LogP contribution in [0.5, 0.6) is 0 Å². The van der Waals surface area contributed by atoms with Gasteiger partial charge in [-0.1, -0.05) is 122 Å². The van der Waals surface area contributed by atoms with Crippen molar-refractivity contribution in [3.63, 3.8) is 0 Å². The van der Waals surface area contributed by atoms with Gasteiger partial charge in [-0.15, -0.1) is 0 Å². The SMILES string of the molecule is CCCCCCCCCCCC(c1ccccc1S(=O)(=O)[O-])c1cccc[n+]1CCCCCCCC. The van der Waals surface area contributed by atoms with E-state index >= 15 is 0 Å². The van der Waals surface area contributed by atoms with Gasteiger partial charge in [-0.05, 0) is 24.5 Å². The van der Waals surface area contributed by atoms with Gasteiger partial charge in [0.15, 0.2) is 11.9 Å². The van der Waals surface area contributed by atoms with E-state index in [1.165, 1.54) is 83.1 Å². The molecule has 0 saturated carbocycles. The Hall–Kier alpha value is -1.72. The van der Waals surface area contributed by atoms with Gasteiger partial charge in [0.05, 0.1) is 10.8 Å². The highest BCUT2D eigenvalue weighted by Crippen LogP contribution is 2.33. The van der Waals surface area contributed by atoms with Gasteiger partial charge in [0.2, 0.25) is 0 Å². The number of hydrogen-bond donors (Lipinski definition) is 0. The van der Waals surface area contributed by atoms with Gasteiger partial charge in [-0.3, -0.25) is 0 Å². The molecule has 0 aliphatic carbocycles. The van der Waals surface area contributed by atoms with Crippen LogP contribution in [0.1, 0.15) is 134 Å². The van der Waals surface area contributed by atoms with E-state index in [1.54, 1.807) is 6.07 Å². The zero-order valence-corrected chi connectivity index (χ0v) is 23.6. The van der Waals surface area contributed by atoms with Crippen LogP contribution in [-0.4, -0.2) is 13.0 Å². The van der Waals surface area contributed by atoms with Crippen LogP contribution in [0.4, 0.5) is 0 Å². The first kappa shape index (κ1) is 30.5. The van der Waals surface area contributed by atoms with Crippen molar-refractivity contribution in [2.75, 3.05) is 0 Å². The molecule has 1 atom stereocenters. The lowest BCUT2D eigenvalue weighted by Crippen LogP contribution is -2.39. The van der Waals surface area contributed by atoms with Crippen molar-refractivity contribution in [2.24, 2.45) is 0 Å². The molecule has 36 heavy (non-hydrogen) atoms. The van der Waals surface area contributed by atoms with Gasteiger partial charge in [0.1, 0.15) is 16.7 Å². The van der Waals surface area contributed by atoms with Gasteiger partial charge < -0.3 is 4.55 Å². The minimum atomic E-state index is -4.54. The van der Waals surface area contributed by atoms with E-state index in [4.69, 9.17) is 0 Å². The molecular formula is C31H49NO3S. The molecule has 1 aromatic heterocycles. The number of rotatable bonds is 20. The Morgan fingerprint density at radius 2 is 1.22 bits per heavy atom. The summed E-state index contributed by atoms with van der Waals surface area (Å²) in [6.07, 6.45) is 21.6. The predicted octanol–water partition coefficient (Wildman–Crippen LogP) is 8.29. The fraction of sp³-hybridized carbons (Fsp3) is 0.645. The van der Waals surface area contributed by atoms with Gasteiger partial charge in [-0.2, -0.15) is 0 Å². The molecule has 1 unspecified atom stereocenters. The summed E-state index contributed by atoms with van der Waals surface area (Å²) in [4.78, 5) is -0.0686. The summed E-state index contributed by atoms with van der Waals surface area (Å²) in [6, 6.07) is 13.0. The summed E-state index contributed by atoms with van der Waals surface area (Å²) in [7, 11) is -4.54. The van der Waals surface area contributed by atoms with Crippen LogP contribution in [0.2, 0.25) is 0 Å². The largest absolute Gasteiger partial charge is 0.744 e. The minimum Gasteiger partial charge on any atom is -0.744 e. The average Bonchev–Trinajstić information content (AvgIpc) is 2.87. The summed E-state index contributed by atoms with van der Waals surface area (Å²) < 4.78 is 38.7. The smallest absolute Gasteiger partial charge is 0.188 e. The van der Waals surface area contributed by atoms with E-state index < -0.39 is 10.1 Å². The van der Waals surface area contributed by atoms with Crippen LogP contribution < -0.4 is 4.57 Å². The highest BCUT2D eigenvalue weighted by Gasteiger charge is 2.26. The van der Waals surface area contributed by atoms with Gasteiger partial charge in [0, 0.05) is 18.6 Å². The Bertz CT molecular complexity index is 958. The fourth-order valence-corrected chi connectivity index (χ4v) is 5.93. The maximum atomic E-state index is 12.1. The molecule has 4 nitrogen and oxygen atoms in total. The van der Waals surface area contributed by atoms with Crippen molar-refractivity contribution in [1.82, 2.24) is 0 Å². The molecule has 202 valence electrons. The van der Waals surface area contributed by atoms with Crippen LogP contribution in [-0.2, 0) is 16.7 Å². The van der Waals surface area contributed by atoms with Crippen LogP contribution >= 0.6 is 0 Å². The molecule has 5 heteroatoms. The first-order valence-electron chi connectivity index (χ1n) is 14.5. The maximum absolute atomic E-state index is 12.1. The zero-order chi connectivity index (χ0) is 26.1. The van der Waals surface area contributed by atoms with Crippen LogP contribution in [0.15, 0.2) is 53.6 Å². The normalized spacial score (nSPS) is 12.6. The van der Waals surface area contributed by atoms with Crippen molar-refractivity contribution >= 4 is 10.1 Å². The van der Waals surface area contributed by atoms with E-state index in [0.717, 1.165) is 37.9 Å². The molecule has 0 aliphatic heterocycles. The second kappa shape index (κ2) is 17.7. The number of unbranched alkanes of at least 4 members (excludes halogenated alkanes) is 13. The Kier molecular flexibility index (Phi) is 15.0. The third kappa shape index (κ3) is 11.1. The highest BCUT2D eigenvalue weighted by molar-refractivity contribution is 7.85. The predicted molar refractivity (Wildman–Crippen MR) is 148 cm³/mol. The number of nitrogens with zero attached hydrogens (tertiary/aromatic N) is 1. The first-order chi connectivity index (χ1) is 17.5. The molecule has 0 N–H and O–H groups in total. The fourth-order valence-electron chi connectivity index (χ4n) is 5.19. The molecule has 1 aromatic carbocycles. The molecule has 0 saturated heterocycles. The number of aromatic nitrogens is 1. The van der Waals surface area contributed by atoms with E-state index in [2.05, 4.69) is 30.7 Å². The quantitative estimate of drug-likeness (QED) is 0.101. The van der Waals surface area contributed by atoms with Gasteiger partial charge >= 0.3 is 0 Å². The summed E-state index contributed by atoms with van der Waals surface area (Å²) in [5.41, 5.74) is 1.76. The molecule has 0 fully saturated rings. The zero-order valence-electron chi connectivity index (χ0n) is 22.8. The van der Waals surface area contributed by atoms with E-state index in [-0.39, 0.29) is 10.8 Å². The second-order valence-corrected chi connectivity index (χ2v) is 11.6. The average molecular weight is 516 g/mol. The molecule has 0 spiro atoms. The highest BCUT2D eigenvalue weighted by atomic mass is 32.2. The minimum absolute atomic E-state index is 0.0686. The van der Waals surface area contributed by atoms with Crippen LogP contribution in [0.25, 0.3) is 0 Å². The van der Waals surface area contributed by atoms with Crippen molar-refractivity contribution in [3.8, 4) is 0 Å². The van der Waals surface area contributed by atoms with Crippen molar-refractivity contribution in [3.05, 3.63) is 59.9 Å². The number of pyridine rings is 1. The number of aryl methyl sites for hydroxylation is 1. The van der Waals surface area contributed by atoms with E-state index in [0.29, 0.717) is 5.56 Å². The van der Waals surface area contributed by atoms with E-state index in [1.807, 2.05) is 24.3 Å². The Labute approximate surface area is 221 Å². The van der Waals surface area contributed by atoms with Crippen molar-refractivity contribution in [2.45, 2.75) is 134 Å². The van der Waals surface area contributed by atoms with Crippen LogP contribution in [0, 0.1) is 0 Å². The molecular weight excluding hydrogens is 466 g/mol. The van der Waals surface area contributed by atoms with E-state index in [9.17, 15) is 13.0 Å². The first-order valence-corrected chi connectivity index (χ1v) is 15.9.